The summed E-state index contributed by atoms with van der Waals surface area (Å²) in [6, 6.07) is 0. The smallest absolute Gasteiger partial charge is 0.172 e. The first kappa shape index (κ1) is 24.9. The predicted molar refractivity (Wildman–Crippen MR) is 122 cm³/mol. The Morgan fingerprint density at radius 1 is 0.968 bits per heavy atom. The van der Waals surface area contributed by atoms with Gasteiger partial charge in [-0.3, -0.25) is 4.79 Å². The molecular weight excluding hydrogens is 392 g/mol. The van der Waals surface area contributed by atoms with Crippen molar-refractivity contribution in [2.45, 2.75) is 146 Å². The molecule has 2 saturated heterocycles. The molecule has 0 saturated carbocycles. The third kappa shape index (κ3) is 7.12. The minimum Gasteiger partial charge on any atom is -0.393 e. The molecule has 2 heterocycles. The van der Waals surface area contributed by atoms with E-state index in [0.29, 0.717) is 25.7 Å². The Hall–Kier alpha value is -0.750. The van der Waals surface area contributed by atoms with E-state index in [1.807, 2.05) is 0 Å². The first-order valence-corrected chi connectivity index (χ1v) is 12.9. The summed E-state index contributed by atoms with van der Waals surface area (Å²) in [7, 11) is 0. The Bertz CT molecular complexity index is 590. The highest BCUT2D eigenvalue weighted by Crippen LogP contribution is 2.49. The van der Waals surface area contributed by atoms with E-state index in [1.54, 1.807) is 6.08 Å². The summed E-state index contributed by atoms with van der Waals surface area (Å²) < 4.78 is 12.7. The largest absolute Gasteiger partial charge is 0.393 e. The topological polar surface area (TPSA) is 76.0 Å². The number of carbonyl (C=O) groups excluding carboxylic acids is 1. The molecule has 5 nitrogen and oxygen atoms in total. The van der Waals surface area contributed by atoms with Gasteiger partial charge in [0.1, 0.15) is 5.60 Å². The van der Waals surface area contributed by atoms with Gasteiger partial charge in [0.2, 0.25) is 0 Å². The van der Waals surface area contributed by atoms with Crippen molar-refractivity contribution >= 4 is 5.78 Å². The molecule has 0 unspecified atom stereocenters. The van der Waals surface area contributed by atoms with Crippen LogP contribution in [-0.2, 0) is 14.3 Å². The molecule has 2 N–H and O–H groups in total. The summed E-state index contributed by atoms with van der Waals surface area (Å²) in [5, 5.41) is 21.0. The van der Waals surface area contributed by atoms with Gasteiger partial charge in [-0.25, -0.2) is 0 Å². The number of rotatable bonds is 12. The van der Waals surface area contributed by atoms with Crippen LogP contribution in [0.2, 0.25) is 0 Å². The zero-order valence-electron chi connectivity index (χ0n) is 19.5. The molecule has 5 heteroatoms. The summed E-state index contributed by atoms with van der Waals surface area (Å²) in [6.45, 7) is 2.26. The molecule has 0 aromatic carbocycles. The van der Waals surface area contributed by atoms with E-state index < -0.39 is 23.6 Å². The van der Waals surface area contributed by atoms with Crippen LogP contribution in [0.4, 0.5) is 0 Å². The molecule has 31 heavy (non-hydrogen) atoms. The second-order valence-electron chi connectivity index (χ2n) is 10.1. The van der Waals surface area contributed by atoms with E-state index in [9.17, 15) is 15.0 Å². The molecule has 0 bridgehead atoms. The van der Waals surface area contributed by atoms with Gasteiger partial charge in [0, 0.05) is 19.3 Å². The summed E-state index contributed by atoms with van der Waals surface area (Å²) in [4.78, 5) is 11.6. The zero-order chi connectivity index (χ0) is 22.2. The Balaban J connectivity index is 1.34. The van der Waals surface area contributed by atoms with Gasteiger partial charge in [-0.2, -0.15) is 0 Å². The van der Waals surface area contributed by atoms with Crippen LogP contribution in [0.3, 0.4) is 0 Å². The van der Waals surface area contributed by atoms with Crippen LogP contribution < -0.4 is 0 Å². The monoisotopic (exact) mass is 436 g/mol. The Labute approximate surface area is 188 Å². The molecule has 2 aliphatic heterocycles. The third-order valence-electron chi connectivity index (χ3n) is 7.38. The lowest BCUT2D eigenvalue weighted by molar-refractivity contribution is -0.306. The Kier molecular flexibility index (Phi) is 9.57. The maximum atomic E-state index is 11.6. The molecule has 0 radical (unpaired) electrons. The number of hydrogen-bond donors (Lipinski definition) is 2. The fourth-order valence-electron chi connectivity index (χ4n) is 5.55. The van der Waals surface area contributed by atoms with E-state index in [-0.39, 0.29) is 18.3 Å². The standard InChI is InChI=1S/C26H44O5/c1-2-3-4-5-6-7-8-9-10-11-12-13-23-18-22(28)20-26(30-23)17-16-25(31-26)15-14-21(27)19-24(25)29/h14-15,22-24,28-29H,2-13,16-20H2,1H3/t22-,23-,24-,25-,26-/m1/s1. The third-order valence-corrected chi connectivity index (χ3v) is 7.38. The maximum absolute atomic E-state index is 11.6. The highest BCUT2D eigenvalue weighted by Gasteiger charge is 2.56. The SMILES string of the molecule is CCCCCCCCCCCCC[C@@H]1C[C@@H](O)C[C@]2(CC[C@@]3(C=CC(=O)C[C@H]3O)O2)O1. The van der Waals surface area contributed by atoms with Crippen molar-refractivity contribution in [2.24, 2.45) is 0 Å². The van der Waals surface area contributed by atoms with Gasteiger partial charge in [0.15, 0.2) is 11.6 Å². The first-order valence-electron chi connectivity index (χ1n) is 12.9. The number of ketones is 1. The Morgan fingerprint density at radius 3 is 2.26 bits per heavy atom. The van der Waals surface area contributed by atoms with Crippen molar-refractivity contribution in [1.82, 2.24) is 0 Å². The van der Waals surface area contributed by atoms with Gasteiger partial charge < -0.3 is 19.7 Å². The van der Waals surface area contributed by atoms with Gasteiger partial charge in [0.05, 0.1) is 18.3 Å². The molecule has 1 aliphatic carbocycles. The minimum atomic E-state index is -0.841. The Morgan fingerprint density at radius 2 is 1.61 bits per heavy atom. The second kappa shape index (κ2) is 11.9. The molecule has 2 spiro atoms. The van der Waals surface area contributed by atoms with Crippen LogP contribution in [-0.4, -0.2) is 45.7 Å². The van der Waals surface area contributed by atoms with Crippen molar-refractivity contribution in [2.75, 3.05) is 0 Å². The molecule has 3 rings (SSSR count). The minimum absolute atomic E-state index is 0.00353. The molecule has 5 atom stereocenters. The lowest BCUT2D eigenvalue weighted by Crippen LogP contribution is -2.51. The highest BCUT2D eigenvalue weighted by atomic mass is 16.7. The van der Waals surface area contributed by atoms with E-state index in [0.717, 1.165) is 12.8 Å². The van der Waals surface area contributed by atoms with Crippen LogP contribution >= 0.6 is 0 Å². The summed E-state index contributed by atoms with van der Waals surface area (Å²) in [5.74, 6) is -0.895. The number of allylic oxidation sites excluding steroid dienone is 1. The van der Waals surface area contributed by atoms with E-state index in [4.69, 9.17) is 9.47 Å². The number of aliphatic hydroxyl groups excluding tert-OH is 2. The molecule has 0 aromatic heterocycles. The van der Waals surface area contributed by atoms with Crippen LogP contribution in [0.25, 0.3) is 0 Å². The number of unbranched alkanes of at least 4 members (excludes halogenated alkanes) is 10. The van der Waals surface area contributed by atoms with Crippen LogP contribution in [0.15, 0.2) is 12.2 Å². The lowest BCUT2D eigenvalue weighted by atomic mass is 9.85. The molecule has 3 aliphatic rings. The average molecular weight is 437 g/mol. The van der Waals surface area contributed by atoms with Crippen molar-refractivity contribution < 1.29 is 24.5 Å². The normalized spacial score (nSPS) is 35.5. The van der Waals surface area contributed by atoms with Gasteiger partial charge in [-0.05, 0) is 31.4 Å². The van der Waals surface area contributed by atoms with Crippen LogP contribution in [0.5, 0.6) is 0 Å². The fourth-order valence-corrected chi connectivity index (χ4v) is 5.55. The molecule has 0 amide bonds. The zero-order valence-corrected chi connectivity index (χ0v) is 19.5. The van der Waals surface area contributed by atoms with Crippen molar-refractivity contribution in [3.8, 4) is 0 Å². The van der Waals surface area contributed by atoms with Gasteiger partial charge in [-0.1, -0.05) is 77.6 Å². The van der Waals surface area contributed by atoms with Crippen molar-refractivity contribution in [3.05, 3.63) is 12.2 Å². The van der Waals surface area contributed by atoms with Gasteiger partial charge in [-0.15, -0.1) is 0 Å². The van der Waals surface area contributed by atoms with E-state index in [2.05, 4.69) is 6.92 Å². The number of hydrogen-bond acceptors (Lipinski definition) is 5. The number of aliphatic hydroxyl groups is 2. The molecule has 2 fully saturated rings. The second-order valence-corrected chi connectivity index (χ2v) is 10.1. The highest BCUT2D eigenvalue weighted by molar-refractivity contribution is 5.91. The lowest BCUT2D eigenvalue weighted by Gasteiger charge is -2.43. The number of carbonyl (C=O) groups is 1. The van der Waals surface area contributed by atoms with Crippen LogP contribution in [0.1, 0.15) is 116 Å². The van der Waals surface area contributed by atoms with Crippen molar-refractivity contribution in [1.29, 1.82) is 0 Å². The summed E-state index contributed by atoms with van der Waals surface area (Å²) >= 11 is 0. The molecule has 178 valence electrons. The predicted octanol–water partition coefficient (Wildman–Crippen LogP) is 5.36. The first-order chi connectivity index (χ1) is 15.0. The average Bonchev–Trinajstić information content (AvgIpc) is 3.07. The fraction of sp³-hybridized carbons (Fsp3) is 0.885. The van der Waals surface area contributed by atoms with E-state index in [1.165, 1.54) is 70.3 Å². The van der Waals surface area contributed by atoms with Crippen molar-refractivity contribution in [3.63, 3.8) is 0 Å². The molecular formula is C26H44O5. The van der Waals surface area contributed by atoms with Gasteiger partial charge >= 0.3 is 0 Å². The van der Waals surface area contributed by atoms with E-state index >= 15 is 0 Å². The van der Waals surface area contributed by atoms with Gasteiger partial charge in [0.25, 0.3) is 0 Å². The maximum Gasteiger partial charge on any atom is 0.172 e. The van der Waals surface area contributed by atoms with Crippen LogP contribution in [0, 0.1) is 0 Å². The molecule has 0 aromatic rings. The summed E-state index contributed by atoms with van der Waals surface area (Å²) in [6.07, 6.45) is 19.9. The quantitative estimate of drug-likeness (QED) is 0.403. The summed E-state index contributed by atoms with van der Waals surface area (Å²) in [5.41, 5.74) is -0.841. The number of ether oxygens (including phenoxy) is 2.